The molecule has 2 N–H and O–H groups in total. The summed E-state index contributed by atoms with van der Waals surface area (Å²) in [5.41, 5.74) is 3.02. The quantitative estimate of drug-likeness (QED) is 0.736. The molecule has 2 aromatic rings. The van der Waals surface area contributed by atoms with Crippen LogP contribution >= 0.6 is 0 Å². The molecule has 1 aromatic carbocycles. The van der Waals surface area contributed by atoms with Gasteiger partial charge in [0.2, 0.25) is 0 Å². The van der Waals surface area contributed by atoms with Crippen molar-refractivity contribution in [2.45, 2.75) is 13.0 Å². The minimum absolute atomic E-state index is 0.232. The van der Waals surface area contributed by atoms with E-state index in [1.54, 1.807) is 12.4 Å². The van der Waals surface area contributed by atoms with Gasteiger partial charge in [0.1, 0.15) is 0 Å². The minimum atomic E-state index is 0.232. The van der Waals surface area contributed by atoms with Gasteiger partial charge in [-0.25, -0.2) is 0 Å². The lowest BCUT2D eigenvalue weighted by atomic mass is 10.2. The normalized spacial score (nSPS) is 10.8. The summed E-state index contributed by atoms with van der Waals surface area (Å²) >= 11 is 0. The van der Waals surface area contributed by atoms with Crippen molar-refractivity contribution in [2.75, 3.05) is 13.2 Å². The zero-order valence-electron chi connectivity index (χ0n) is 9.06. The van der Waals surface area contributed by atoms with Gasteiger partial charge in [0.25, 0.3) is 0 Å². The van der Waals surface area contributed by atoms with Crippen LogP contribution in [0.1, 0.15) is 12.0 Å². The predicted octanol–water partition coefficient (Wildman–Crippen LogP) is 1.10. The number of hydrogen-bond donors (Lipinski definition) is 2. The number of rotatable bonds is 5. The predicted molar refractivity (Wildman–Crippen MR) is 62.9 cm³/mol. The highest BCUT2D eigenvalue weighted by molar-refractivity contribution is 5.74. The molecule has 0 saturated carbocycles. The largest absolute Gasteiger partial charge is 0.396 e. The van der Waals surface area contributed by atoms with Crippen molar-refractivity contribution in [1.82, 2.24) is 15.3 Å². The maximum atomic E-state index is 8.65. The van der Waals surface area contributed by atoms with Crippen LogP contribution in [0.25, 0.3) is 11.0 Å². The van der Waals surface area contributed by atoms with Gasteiger partial charge >= 0.3 is 0 Å². The van der Waals surface area contributed by atoms with Gasteiger partial charge in [-0.2, -0.15) is 0 Å². The maximum absolute atomic E-state index is 8.65. The molecular formula is C12H15N3O. The lowest BCUT2D eigenvalue weighted by Gasteiger charge is -2.04. The van der Waals surface area contributed by atoms with Gasteiger partial charge in [0.15, 0.2) is 0 Å². The van der Waals surface area contributed by atoms with Crippen molar-refractivity contribution in [2.24, 2.45) is 0 Å². The molecule has 4 nitrogen and oxygen atoms in total. The maximum Gasteiger partial charge on any atom is 0.0890 e. The number of fused-ring (bicyclic) bond motifs is 1. The van der Waals surface area contributed by atoms with Gasteiger partial charge in [-0.1, -0.05) is 6.07 Å². The Bertz CT molecular complexity index is 459. The standard InChI is InChI=1S/C12H15N3O/c16-7-1-4-13-9-10-2-3-11-12(8-10)15-6-5-14-11/h2-3,5-6,8,13,16H,1,4,7,9H2. The van der Waals surface area contributed by atoms with Crippen molar-refractivity contribution in [1.29, 1.82) is 0 Å². The van der Waals surface area contributed by atoms with E-state index in [9.17, 15) is 0 Å². The third-order valence-corrected chi connectivity index (χ3v) is 2.37. The lowest BCUT2D eigenvalue weighted by molar-refractivity contribution is 0.286. The van der Waals surface area contributed by atoms with Gasteiger partial charge < -0.3 is 10.4 Å². The fourth-order valence-corrected chi connectivity index (χ4v) is 1.56. The zero-order valence-corrected chi connectivity index (χ0v) is 9.06. The van der Waals surface area contributed by atoms with E-state index in [0.717, 1.165) is 30.5 Å². The van der Waals surface area contributed by atoms with Crippen molar-refractivity contribution in [3.63, 3.8) is 0 Å². The van der Waals surface area contributed by atoms with E-state index in [1.807, 2.05) is 18.2 Å². The first kappa shape index (κ1) is 11.0. The molecule has 0 aliphatic carbocycles. The van der Waals surface area contributed by atoms with Crippen molar-refractivity contribution in [3.05, 3.63) is 36.2 Å². The minimum Gasteiger partial charge on any atom is -0.396 e. The number of nitrogens with one attached hydrogen (secondary N) is 1. The van der Waals surface area contributed by atoms with Crippen LogP contribution in [0, 0.1) is 0 Å². The Morgan fingerprint density at radius 3 is 2.75 bits per heavy atom. The number of aliphatic hydroxyl groups excluding tert-OH is 1. The Kier molecular flexibility index (Phi) is 3.80. The third-order valence-electron chi connectivity index (χ3n) is 2.37. The Balaban J connectivity index is 2.02. The highest BCUT2D eigenvalue weighted by Crippen LogP contribution is 2.10. The second kappa shape index (κ2) is 5.53. The highest BCUT2D eigenvalue weighted by Gasteiger charge is 1.97. The average Bonchev–Trinajstić information content (AvgIpc) is 2.34. The fraction of sp³-hybridized carbons (Fsp3) is 0.333. The Labute approximate surface area is 94.4 Å². The van der Waals surface area contributed by atoms with E-state index in [-0.39, 0.29) is 6.61 Å². The molecule has 0 unspecified atom stereocenters. The van der Waals surface area contributed by atoms with Gasteiger partial charge in [-0.15, -0.1) is 0 Å². The van der Waals surface area contributed by atoms with Crippen LogP contribution in [0.4, 0.5) is 0 Å². The first-order chi connectivity index (χ1) is 7.90. The molecule has 84 valence electrons. The van der Waals surface area contributed by atoms with Crippen LogP contribution in [0.5, 0.6) is 0 Å². The lowest BCUT2D eigenvalue weighted by Crippen LogP contribution is -2.15. The summed E-state index contributed by atoms with van der Waals surface area (Å²) < 4.78 is 0. The molecule has 0 spiro atoms. The van der Waals surface area contributed by atoms with E-state index in [1.165, 1.54) is 5.56 Å². The topological polar surface area (TPSA) is 58.0 Å². The molecular weight excluding hydrogens is 202 g/mol. The van der Waals surface area contributed by atoms with Crippen molar-refractivity contribution >= 4 is 11.0 Å². The first-order valence-corrected chi connectivity index (χ1v) is 5.41. The van der Waals surface area contributed by atoms with E-state index in [0.29, 0.717) is 0 Å². The van der Waals surface area contributed by atoms with Gasteiger partial charge in [0.05, 0.1) is 11.0 Å². The molecule has 1 heterocycles. The number of hydrogen-bond acceptors (Lipinski definition) is 4. The first-order valence-electron chi connectivity index (χ1n) is 5.41. The van der Waals surface area contributed by atoms with Crippen LogP contribution in [-0.2, 0) is 6.54 Å². The summed E-state index contributed by atoms with van der Waals surface area (Å²) in [6, 6.07) is 6.06. The Morgan fingerprint density at radius 1 is 1.12 bits per heavy atom. The van der Waals surface area contributed by atoms with E-state index in [2.05, 4.69) is 15.3 Å². The molecule has 2 rings (SSSR count). The molecule has 0 radical (unpaired) electrons. The molecule has 0 bridgehead atoms. The second-order valence-corrected chi connectivity index (χ2v) is 3.63. The molecule has 0 aliphatic rings. The summed E-state index contributed by atoms with van der Waals surface area (Å²) in [7, 11) is 0. The molecule has 1 aromatic heterocycles. The summed E-state index contributed by atoms with van der Waals surface area (Å²) in [4.78, 5) is 8.47. The summed E-state index contributed by atoms with van der Waals surface area (Å²) in [6.07, 6.45) is 4.18. The number of aliphatic hydroxyl groups is 1. The van der Waals surface area contributed by atoms with Crippen LogP contribution in [-0.4, -0.2) is 28.2 Å². The van der Waals surface area contributed by atoms with Crippen LogP contribution < -0.4 is 5.32 Å². The number of aromatic nitrogens is 2. The molecule has 4 heteroatoms. The second-order valence-electron chi connectivity index (χ2n) is 3.63. The molecule has 0 amide bonds. The molecule has 0 aliphatic heterocycles. The molecule has 0 fully saturated rings. The number of nitrogens with zero attached hydrogens (tertiary/aromatic N) is 2. The van der Waals surface area contributed by atoms with E-state index in [4.69, 9.17) is 5.11 Å². The van der Waals surface area contributed by atoms with Crippen LogP contribution in [0.3, 0.4) is 0 Å². The number of benzene rings is 1. The van der Waals surface area contributed by atoms with Gasteiger partial charge in [0, 0.05) is 25.5 Å². The molecule has 16 heavy (non-hydrogen) atoms. The van der Waals surface area contributed by atoms with Crippen LogP contribution in [0.15, 0.2) is 30.6 Å². The van der Waals surface area contributed by atoms with E-state index >= 15 is 0 Å². The molecule has 0 saturated heterocycles. The monoisotopic (exact) mass is 217 g/mol. The zero-order chi connectivity index (χ0) is 11.2. The summed E-state index contributed by atoms with van der Waals surface area (Å²) in [5, 5.41) is 11.9. The third kappa shape index (κ3) is 2.74. The summed E-state index contributed by atoms with van der Waals surface area (Å²) in [6.45, 7) is 1.86. The fourth-order valence-electron chi connectivity index (χ4n) is 1.56. The van der Waals surface area contributed by atoms with Crippen molar-refractivity contribution < 1.29 is 5.11 Å². The van der Waals surface area contributed by atoms with E-state index < -0.39 is 0 Å². The Morgan fingerprint density at radius 2 is 1.94 bits per heavy atom. The SMILES string of the molecule is OCCCNCc1ccc2nccnc2c1. The van der Waals surface area contributed by atoms with Crippen LogP contribution in [0.2, 0.25) is 0 Å². The molecule has 0 atom stereocenters. The Hall–Kier alpha value is -1.52. The average molecular weight is 217 g/mol. The van der Waals surface area contributed by atoms with Gasteiger partial charge in [-0.3, -0.25) is 9.97 Å². The highest BCUT2D eigenvalue weighted by atomic mass is 16.3. The summed E-state index contributed by atoms with van der Waals surface area (Å²) in [5.74, 6) is 0. The smallest absolute Gasteiger partial charge is 0.0890 e. The van der Waals surface area contributed by atoms with Crippen molar-refractivity contribution in [3.8, 4) is 0 Å². The van der Waals surface area contributed by atoms with Gasteiger partial charge in [-0.05, 0) is 30.7 Å².